The van der Waals surface area contributed by atoms with Crippen molar-refractivity contribution in [2.45, 2.75) is 0 Å². The Labute approximate surface area is 89.8 Å². The highest BCUT2D eigenvalue weighted by Gasteiger charge is 2.02. The molecule has 2 nitrogen and oxygen atoms in total. The summed E-state index contributed by atoms with van der Waals surface area (Å²) in [6, 6.07) is 9.42. The number of thiophene rings is 1. The average molecular weight is 213 g/mol. The molecule has 0 aliphatic rings. The molecule has 0 bridgehead atoms. The lowest BCUT2D eigenvalue weighted by Gasteiger charge is -1.87. The molecule has 0 aliphatic carbocycles. The maximum atomic E-state index is 12.1. The Morgan fingerprint density at radius 1 is 1.13 bits per heavy atom. The summed E-state index contributed by atoms with van der Waals surface area (Å²) in [5.41, 5.74) is 0.832. The maximum absolute atomic E-state index is 12.1. The zero-order valence-corrected chi connectivity index (χ0v) is 8.62. The van der Waals surface area contributed by atoms with Crippen molar-refractivity contribution in [1.82, 2.24) is 4.98 Å². The van der Waals surface area contributed by atoms with E-state index in [1.54, 1.807) is 12.3 Å². The topological polar surface area (TPSA) is 30.0 Å². The summed E-state index contributed by atoms with van der Waals surface area (Å²) in [6.45, 7) is 0. The molecule has 0 atom stereocenters. The molecule has 3 rings (SSSR count). The fraction of sp³-hybridized carbons (Fsp3) is 0. The van der Waals surface area contributed by atoms with E-state index in [2.05, 4.69) is 4.98 Å². The predicted octanol–water partition coefficient (Wildman–Crippen LogP) is 2.81. The van der Waals surface area contributed by atoms with Gasteiger partial charge in [0.05, 0.1) is 10.2 Å². The van der Waals surface area contributed by atoms with Crippen molar-refractivity contribution in [3.05, 3.63) is 52.1 Å². The summed E-state index contributed by atoms with van der Waals surface area (Å²) in [7, 11) is 0. The Bertz CT molecular complexity index is 702. The van der Waals surface area contributed by atoms with Crippen LogP contribution < -0.4 is 5.43 Å². The van der Waals surface area contributed by atoms with Crippen LogP contribution in [0.5, 0.6) is 0 Å². The standard InChI is InChI=1S/C12H7NOS/c14-11-9-2-1-6-13-10(9)4-3-8-5-7-15-12(8)11/h1-7H. The SMILES string of the molecule is O=c1c2cccnc2ccc2ccsc12. The number of aromatic nitrogens is 1. The molecule has 2 aromatic heterocycles. The van der Waals surface area contributed by atoms with Crippen LogP contribution in [0.25, 0.3) is 21.0 Å². The fourth-order valence-electron chi connectivity index (χ4n) is 1.67. The summed E-state index contributed by atoms with van der Waals surface area (Å²) < 4.78 is 0.804. The smallest absolute Gasteiger partial charge is 0.205 e. The van der Waals surface area contributed by atoms with Crippen LogP contribution >= 0.6 is 11.3 Å². The second-order valence-electron chi connectivity index (χ2n) is 3.30. The molecule has 0 amide bonds. The third kappa shape index (κ3) is 1.24. The number of pyridine rings is 1. The van der Waals surface area contributed by atoms with Gasteiger partial charge in [-0.25, -0.2) is 0 Å². The number of fused-ring (bicyclic) bond motifs is 2. The molecule has 15 heavy (non-hydrogen) atoms. The van der Waals surface area contributed by atoms with Gasteiger partial charge in [0.25, 0.3) is 0 Å². The zero-order chi connectivity index (χ0) is 10.3. The largest absolute Gasteiger partial charge is 0.288 e. The van der Waals surface area contributed by atoms with E-state index in [0.717, 1.165) is 15.6 Å². The molecular formula is C12H7NOS. The third-order valence-corrected chi connectivity index (χ3v) is 3.33. The summed E-state index contributed by atoms with van der Waals surface area (Å²) in [5, 5.41) is 3.62. The van der Waals surface area contributed by atoms with Gasteiger partial charge in [0.1, 0.15) is 0 Å². The molecule has 0 N–H and O–H groups in total. The average Bonchev–Trinajstić information content (AvgIpc) is 2.69. The first-order chi connectivity index (χ1) is 7.36. The second-order valence-corrected chi connectivity index (χ2v) is 4.22. The van der Waals surface area contributed by atoms with E-state index < -0.39 is 0 Å². The number of hydrogen-bond donors (Lipinski definition) is 0. The van der Waals surface area contributed by atoms with E-state index in [1.807, 2.05) is 29.6 Å². The highest BCUT2D eigenvalue weighted by Crippen LogP contribution is 2.18. The van der Waals surface area contributed by atoms with Crippen LogP contribution in [0.2, 0.25) is 0 Å². The molecule has 72 valence electrons. The lowest BCUT2D eigenvalue weighted by molar-refractivity contribution is 1.42. The van der Waals surface area contributed by atoms with Crippen molar-refractivity contribution in [3.8, 4) is 0 Å². The Morgan fingerprint density at radius 2 is 2.07 bits per heavy atom. The number of hydrogen-bond acceptors (Lipinski definition) is 3. The van der Waals surface area contributed by atoms with Gasteiger partial charge in [-0.3, -0.25) is 9.78 Å². The highest BCUT2D eigenvalue weighted by molar-refractivity contribution is 7.17. The van der Waals surface area contributed by atoms with Crippen LogP contribution in [0.1, 0.15) is 0 Å². The highest BCUT2D eigenvalue weighted by atomic mass is 32.1. The normalized spacial score (nSPS) is 10.9. The van der Waals surface area contributed by atoms with E-state index in [9.17, 15) is 4.79 Å². The lowest BCUT2D eigenvalue weighted by Crippen LogP contribution is -1.96. The molecule has 0 aliphatic heterocycles. The maximum Gasteiger partial charge on any atom is 0.205 e. The van der Waals surface area contributed by atoms with E-state index in [1.165, 1.54) is 11.3 Å². The van der Waals surface area contributed by atoms with Crippen LogP contribution in [0.3, 0.4) is 0 Å². The van der Waals surface area contributed by atoms with E-state index in [4.69, 9.17) is 0 Å². The minimum absolute atomic E-state index is 0.0769. The van der Waals surface area contributed by atoms with Gasteiger partial charge >= 0.3 is 0 Å². The molecule has 0 fully saturated rings. The van der Waals surface area contributed by atoms with Gasteiger partial charge in [0, 0.05) is 11.6 Å². The predicted molar refractivity (Wildman–Crippen MR) is 63.4 cm³/mol. The van der Waals surface area contributed by atoms with E-state index >= 15 is 0 Å². The van der Waals surface area contributed by atoms with Crippen LogP contribution in [0, 0.1) is 0 Å². The number of rotatable bonds is 0. The first-order valence-corrected chi connectivity index (χ1v) is 5.49. The van der Waals surface area contributed by atoms with Gasteiger partial charge in [0.15, 0.2) is 0 Å². The quantitative estimate of drug-likeness (QED) is 0.574. The summed E-state index contributed by atoms with van der Waals surface area (Å²) in [5.74, 6) is 0. The fourth-order valence-corrected chi connectivity index (χ4v) is 2.51. The molecule has 0 radical (unpaired) electrons. The van der Waals surface area contributed by atoms with Gasteiger partial charge in [-0.2, -0.15) is 0 Å². The Hall–Kier alpha value is -1.74. The van der Waals surface area contributed by atoms with Crippen molar-refractivity contribution in [2.24, 2.45) is 0 Å². The summed E-state index contributed by atoms with van der Waals surface area (Å²) in [4.78, 5) is 16.3. The van der Waals surface area contributed by atoms with Crippen LogP contribution in [-0.2, 0) is 0 Å². The molecular weight excluding hydrogens is 206 g/mol. The minimum Gasteiger partial charge on any atom is -0.288 e. The molecule has 3 heteroatoms. The Kier molecular flexibility index (Phi) is 1.79. The summed E-state index contributed by atoms with van der Waals surface area (Å²) in [6.07, 6.45) is 1.70. The van der Waals surface area contributed by atoms with Crippen LogP contribution in [-0.4, -0.2) is 4.98 Å². The molecule has 0 spiro atoms. The minimum atomic E-state index is 0.0769. The van der Waals surface area contributed by atoms with E-state index in [-0.39, 0.29) is 5.43 Å². The first kappa shape index (κ1) is 8.56. The van der Waals surface area contributed by atoms with Gasteiger partial charge in [-0.15, -0.1) is 11.3 Å². The van der Waals surface area contributed by atoms with Gasteiger partial charge < -0.3 is 0 Å². The van der Waals surface area contributed by atoms with Gasteiger partial charge in [-0.05, 0) is 35.0 Å². The van der Waals surface area contributed by atoms with Crippen molar-refractivity contribution in [3.63, 3.8) is 0 Å². The van der Waals surface area contributed by atoms with Crippen molar-refractivity contribution < 1.29 is 0 Å². The van der Waals surface area contributed by atoms with Crippen LogP contribution in [0.15, 0.2) is 46.7 Å². The lowest BCUT2D eigenvalue weighted by atomic mass is 10.3. The van der Waals surface area contributed by atoms with Gasteiger partial charge in [0.2, 0.25) is 5.43 Å². The molecule has 2 heterocycles. The van der Waals surface area contributed by atoms with Crippen LogP contribution in [0.4, 0.5) is 0 Å². The van der Waals surface area contributed by atoms with Gasteiger partial charge in [-0.1, -0.05) is 6.07 Å². The van der Waals surface area contributed by atoms with Crippen molar-refractivity contribution >= 4 is 32.3 Å². The first-order valence-electron chi connectivity index (χ1n) is 4.61. The molecule has 0 unspecified atom stereocenters. The van der Waals surface area contributed by atoms with Crippen molar-refractivity contribution in [1.29, 1.82) is 0 Å². The third-order valence-electron chi connectivity index (χ3n) is 2.41. The molecule has 1 aromatic carbocycles. The second kappa shape index (κ2) is 3.14. The molecule has 3 aromatic rings. The monoisotopic (exact) mass is 213 g/mol. The molecule has 0 saturated carbocycles. The van der Waals surface area contributed by atoms with Crippen molar-refractivity contribution in [2.75, 3.05) is 0 Å². The van der Waals surface area contributed by atoms with E-state index in [0.29, 0.717) is 5.39 Å². The Balaban J connectivity index is 2.71. The molecule has 0 saturated heterocycles. The Morgan fingerprint density at radius 3 is 3.00 bits per heavy atom. The summed E-state index contributed by atoms with van der Waals surface area (Å²) >= 11 is 1.48. The number of nitrogens with zero attached hydrogens (tertiary/aromatic N) is 1. The zero-order valence-electron chi connectivity index (χ0n) is 7.81.